The Labute approximate surface area is 122 Å². The zero-order valence-electron chi connectivity index (χ0n) is 11.1. The van der Waals surface area contributed by atoms with Gasteiger partial charge in [-0.1, -0.05) is 23.7 Å². The minimum atomic E-state index is -0.130. The number of benzene rings is 1. The number of nitrogens with zero attached hydrogens (tertiary/aromatic N) is 1. The van der Waals surface area contributed by atoms with Crippen LogP contribution in [0.2, 0.25) is 5.02 Å². The monoisotopic (exact) mass is 292 g/mol. The summed E-state index contributed by atoms with van der Waals surface area (Å²) in [6.45, 7) is 1.50. The van der Waals surface area contributed by atoms with Gasteiger partial charge in [0.05, 0.1) is 0 Å². The molecule has 5 heteroatoms. The van der Waals surface area contributed by atoms with Gasteiger partial charge in [-0.2, -0.15) is 0 Å². The highest BCUT2D eigenvalue weighted by molar-refractivity contribution is 6.30. The van der Waals surface area contributed by atoms with Gasteiger partial charge in [0.15, 0.2) is 5.75 Å². The lowest BCUT2D eigenvalue weighted by molar-refractivity contribution is 0.299. The first-order chi connectivity index (χ1) is 9.70. The van der Waals surface area contributed by atoms with Crippen molar-refractivity contribution in [3.63, 3.8) is 0 Å². The molecule has 20 heavy (non-hydrogen) atoms. The maximum absolute atomic E-state index is 12.1. The van der Waals surface area contributed by atoms with E-state index in [1.807, 2.05) is 12.1 Å². The van der Waals surface area contributed by atoms with Crippen LogP contribution in [0.25, 0.3) is 0 Å². The predicted octanol–water partition coefficient (Wildman–Crippen LogP) is 2.43. The number of ether oxygens (including phenoxy) is 1. The second-order valence-electron chi connectivity index (χ2n) is 4.43. The summed E-state index contributed by atoms with van der Waals surface area (Å²) in [6, 6.07) is 10.8. The van der Waals surface area contributed by atoms with Gasteiger partial charge in [-0.15, -0.1) is 0 Å². The van der Waals surface area contributed by atoms with Gasteiger partial charge in [-0.3, -0.25) is 4.79 Å². The van der Waals surface area contributed by atoms with Crippen LogP contribution in [0.1, 0.15) is 12.0 Å². The van der Waals surface area contributed by atoms with E-state index in [9.17, 15) is 4.79 Å². The molecule has 0 aliphatic carbocycles. The minimum absolute atomic E-state index is 0.130. The van der Waals surface area contributed by atoms with Crippen LogP contribution in [0.15, 0.2) is 47.4 Å². The van der Waals surface area contributed by atoms with Crippen LogP contribution >= 0.6 is 11.6 Å². The SMILES string of the molecule is NCCCn1cccc(OCc2ccc(Cl)cc2)c1=O. The van der Waals surface area contributed by atoms with E-state index in [0.29, 0.717) is 30.5 Å². The Balaban J connectivity index is 2.06. The van der Waals surface area contributed by atoms with Crippen molar-refractivity contribution in [2.75, 3.05) is 6.54 Å². The normalized spacial score (nSPS) is 10.5. The molecule has 0 fully saturated rings. The number of hydrogen-bond acceptors (Lipinski definition) is 3. The van der Waals surface area contributed by atoms with E-state index in [4.69, 9.17) is 22.1 Å². The average Bonchev–Trinajstić information content (AvgIpc) is 2.47. The number of halogens is 1. The van der Waals surface area contributed by atoms with E-state index in [-0.39, 0.29) is 5.56 Å². The average molecular weight is 293 g/mol. The van der Waals surface area contributed by atoms with E-state index >= 15 is 0 Å². The molecule has 0 atom stereocenters. The van der Waals surface area contributed by atoms with Gasteiger partial charge in [0.2, 0.25) is 0 Å². The molecular formula is C15H17ClN2O2. The molecule has 1 heterocycles. The first-order valence-corrected chi connectivity index (χ1v) is 6.85. The van der Waals surface area contributed by atoms with E-state index in [1.54, 1.807) is 35.0 Å². The Kier molecular flexibility index (Phi) is 5.21. The molecule has 1 aromatic carbocycles. The van der Waals surface area contributed by atoms with E-state index in [0.717, 1.165) is 12.0 Å². The maximum atomic E-state index is 12.1. The summed E-state index contributed by atoms with van der Waals surface area (Å²) in [7, 11) is 0. The molecule has 0 radical (unpaired) electrons. The third-order valence-electron chi connectivity index (χ3n) is 2.90. The molecule has 0 saturated carbocycles. The van der Waals surface area contributed by atoms with Crippen molar-refractivity contribution >= 4 is 11.6 Å². The Morgan fingerprint density at radius 1 is 1.20 bits per heavy atom. The van der Waals surface area contributed by atoms with Crippen molar-refractivity contribution in [1.82, 2.24) is 4.57 Å². The standard InChI is InChI=1S/C15H17ClN2O2/c16-13-6-4-12(5-7-13)11-20-14-3-1-9-18(15(14)19)10-2-8-17/h1,3-7,9H,2,8,10-11,17H2. The molecule has 106 valence electrons. The van der Waals surface area contributed by atoms with Crippen LogP contribution in [0.5, 0.6) is 5.75 Å². The molecule has 0 spiro atoms. The number of rotatable bonds is 6. The molecule has 0 amide bonds. The van der Waals surface area contributed by atoms with Gasteiger partial charge in [0.25, 0.3) is 5.56 Å². The molecule has 0 aliphatic heterocycles. The summed E-state index contributed by atoms with van der Waals surface area (Å²) in [6.07, 6.45) is 2.51. The third-order valence-corrected chi connectivity index (χ3v) is 3.15. The lowest BCUT2D eigenvalue weighted by Crippen LogP contribution is -2.22. The number of hydrogen-bond donors (Lipinski definition) is 1. The summed E-state index contributed by atoms with van der Waals surface area (Å²) in [5.74, 6) is 0.347. The fraction of sp³-hybridized carbons (Fsp3) is 0.267. The number of aryl methyl sites for hydroxylation is 1. The Morgan fingerprint density at radius 3 is 2.65 bits per heavy atom. The third kappa shape index (κ3) is 3.85. The summed E-state index contributed by atoms with van der Waals surface area (Å²) in [5.41, 5.74) is 6.29. The van der Waals surface area contributed by atoms with Gasteiger partial charge < -0.3 is 15.0 Å². The molecule has 0 aliphatic rings. The molecule has 1 aromatic heterocycles. The maximum Gasteiger partial charge on any atom is 0.292 e. The van der Waals surface area contributed by atoms with Gasteiger partial charge in [-0.25, -0.2) is 0 Å². The molecule has 0 bridgehead atoms. The van der Waals surface area contributed by atoms with Crippen LogP contribution < -0.4 is 16.0 Å². The van der Waals surface area contributed by atoms with Gasteiger partial charge in [0.1, 0.15) is 6.61 Å². The summed E-state index contributed by atoms with van der Waals surface area (Å²) < 4.78 is 7.19. The molecular weight excluding hydrogens is 276 g/mol. The summed E-state index contributed by atoms with van der Waals surface area (Å²) >= 11 is 5.82. The lowest BCUT2D eigenvalue weighted by Gasteiger charge is -2.09. The first-order valence-electron chi connectivity index (χ1n) is 6.47. The van der Waals surface area contributed by atoms with Crippen molar-refractivity contribution < 1.29 is 4.74 Å². The minimum Gasteiger partial charge on any atom is -0.483 e. The fourth-order valence-corrected chi connectivity index (χ4v) is 1.93. The molecule has 2 N–H and O–H groups in total. The quantitative estimate of drug-likeness (QED) is 0.889. The van der Waals surface area contributed by atoms with Gasteiger partial charge in [-0.05, 0) is 42.8 Å². The van der Waals surface area contributed by atoms with Gasteiger partial charge in [0, 0.05) is 17.8 Å². The van der Waals surface area contributed by atoms with Crippen LogP contribution in [-0.4, -0.2) is 11.1 Å². The topological polar surface area (TPSA) is 57.2 Å². The Bertz CT molecular complexity index is 608. The van der Waals surface area contributed by atoms with Crippen molar-refractivity contribution in [1.29, 1.82) is 0 Å². The van der Waals surface area contributed by atoms with Crippen molar-refractivity contribution in [3.8, 4) is 5.75 Å². The van der Waals surface area contributed by atoms with E-state index < -0.39 is 0 Å². The smallest absolute Gasteiger partial charge is 0.292 e. The largest absolute Gasteiger partial charge is 0.483 e. The van der Waals surface area contributed by atoms with Gasteiger partial charge >= 0.3 is 0 Å². The number of nitrogens with two attached hydrogens (primary N) is 1. The Hall–Kier alpha value is -1.78. The zero-order chi connectivity index (χ0) is 14.4. The van der Waals surface area contributed by atoms with Crippen LogP contribution in [0.4, 0.5) is 0 Å². The highest BCUT2D eigenvalue weighted by Gasteiger charge is 2.04. The fourth-order valence-electron chi connectivity index (χ4n) is 1.80. The molecule has 0 saturated heterocycles. The molecule has 2 rings (SSSR count). The van der Waals surface area contributed by atoms with Crippen LogP contribution in [0, 0.1) is 0 Å². The number of pyridine rings is 1. The lowest BCUT2D eigenvalue weighted by atomic mass is 10.2. The highest BCUT2D eigenvalue weighted by atomic mass is 35.5. The molecule has 0 unspecified atom stereocenters. The summed E-state index contributed by atoms with van der Waals surface area (Å²) in [5, 5.41) is 0.678. The predicted molar refractivity (Wildman–Crippen MR) is 80.2 cm³/mol. The Morgan fingerprint density at radius 2 is 1.95 bits per heavy atom. The van der Waals surface area contributed by atoms with Crippen LogP contribution in [-0.2, 0) is 13.2 Å². The van der Waals surface area contributed by atoms with Crippen molar-refractivity contribution in [2.45, 2.75) is 19.6 Å². The van der Waals surface area contributed by atoms with E-state index in [1.165, 1.54) is 0 Å². The second-order valence-corrected chi connectivity index (χ2v) is 4.86. The molecule has 2 aromatic rings. The van der Waals surface area contributed by atoms with Crippen LogP contribution in [0.3, 0.4) is 0 Å². The number of aromatic nitrogens is 1. The zero-order valence-corrected chi connectivity index (χ0v) is 11.8. The summed E-state index contributed by atoms with van der Waals surface area (Å²) in [4.78, 5) is 12.1. The van der Waals surface area contributed by atoms with Crippen molar-refractivity contribution in [2.24, 2.45) is 5.73 Å². The van der Waals surface area contributed by atoms with Crippen molar-refractivity contribution in [3.05, 3.63) is 63.5 Å². The highest BCUT2D eigenvalue weighted by Crippen LogP contribution is 2.11. The van der Waals surface area contributed by atoms with E-state index in [2.05, 4.69) is 0 Å². The second kappa shape index (κ2) is 7.12. The molecule has 4 nitrogen and oxygen atoms in total. The first kappa shape index (κ1) is 14.6.